The number of benzene rings is 2. The average molecular weight is 396 g/mol. The number of aromatic nitrogens is 1. The first-order valence-electron chi connectivity index (χ1n) is 8.60. The van der Waals surface area contributed by atoms with Crippen LogP contribution in [-0.4, -0.2) is 19.4 Å². The molecule has 0 atom stereocenters. The molecule has 1 aromatic heterocycles. The highest BCUT2D eigenvalue weighted by Gasteiger charge is 2.13. The fourth-order valence-electron chi connectivity index (χ4n) is 2.43. The van der Waals surface area contributed by atoms with Gasteiger partial charge >= 0.3 is 6.03 Å². The third kappa shape index (κ3) is 5.63. The second-order valence-corrected chi connectivity index (χ2v) is 7.76. The Morgan fingerprint density at radius 3 is 2.14 bits per heavy atom. The summed E-state index contributed by atoms with van der Waals surface area (Å²) < 4.78 is 27.3. The molecule has 0 radical (unpaired) electrons. The van der Waals surface area contributed by atoms with E-state index in [0.29, 0.717) is 12.2 Å². The van der Waals surface area contributed by atoms with Gasteiger partial charge in [0.05, 0.1) is 4.90 Å². The molecule has 2 aromatic carbocycles. The quantitative estimate of drug-likeness (QED) is 0.572. The summed E-state index contributed by atoms with van der Waals surface area (Å²) in [5, 5.41) is 5.39. The SMILES string of the molecule is O=C(NCc1ccncc1)Nc1ccc(S(=O)(=O)NCc2ccccc2)cc1. The van der Waals surface area contributed by atoms with Crippen molar-refractivity contribution in [3.63, 3.8) is 0 Å². The van der Waals surface area contributed by atoms with Gasteiger partial charge in [-0.25, -0.2) is 17.9 Å². The van der Waals surface area contributed by atoms with Crippen LogP contribution in [-0.2, 0) is 23.1 Å². The summed E-state index contributed by atoms with van der Waals surface area (Å²) in [5.74, 6) is 0. The molecule has 0 spiro atoms. The molecule has 2 amide bonds. The summed E-state index contributed by atoms with van der Waals surface area (Å²) in [7, 11) is -3.63. The summed E-state index contributed by atoms with van der Waals surface area (Å²) in [4.78, 5) is 16.0. The molecule has 3 N–H and O–H groups in total. The van der Waals surface area contributed by atoms with Crippen LogP contribution in [0.15, 0.2) is 84.0 Å². The van der Waals surface area contributed by atoms with Crippen LogP contribution < -0.4 is 15.4 Å². The zero-order valence-electron chi connectivity index (χ0n) is 15.0. The van der Waals surface area contributed by atoms with Crippen molar-refractivity contribution in [1.29, 1.82) is 0 Å². The van der Waals surface area contributed by atoms with E-state index in [1.807, 2.05) is 42.5 Å². The molecular formula is C20H20N4O3S. The van der Waals surface area contributed by atoms with Gasteiger partial charge in [-0.2, -0.15) is 0 Å². The van der Waals surface area contributed by atoms with Gasteiger partial charge in [0.1, 0.15) is 0 Å². The lowest BCUT2D eigenvalue weighted by molar-refractivity contribution is 0.251. The number of pyridine rings is 1. The fourth-order valence-corrected chi connectivity index (χ4v) is 3.45. The van der Waals surface area contributed by atoms with Crippen LogP contribution in [0.4, 0.5) is 10.5 Å². The standard InChI is InChI=1S/C20H20N4O3S/c25-20(22-14-17-10-12-21-13-11-17)24-18-6-8-19(9-7-18)28(26,27)23-15-16-4-2-1-3-5-16/h1-13,23H,14-15H2,(H2,22,24,25). The van der Waals surface area contributed by atoms with Crippen molar-refractivity contribution in [1.82, 2.24) is 15.0 Å². The number of hydrogen-bond acceptors (Lipinski definition) is 4. The smallest absolute Gasteiger partial charge is 0.319 e. The van der Waals surface area contributed by atoms with E-state index in [2.05, 4.69) is 20.3 Å². The molecule has 0 aliphatic rings. The van der Waals surface area contributed by atoms with Gasteiger partial charge in [-0.1, -0.05) is 30.3 Å². The molecule has 0 aliphatic heterocycles. The summed E-state index contributed by atoms with van der Waals surface area (Å²) in [6.07, 6.45) is 3.31. The molecule has 144 valence electrons. The maximum Gasteiger partial charge on any atom is 0.319 e. The van der Waals surface area contributed by atoms with Crippen molar-refractivity contribution >= 4 is 21.7 Å². The van der Waals surface area contributed by atoms with E-state index in [0.717, 1.165) is 11.1 Å². The van der Waals surface area contributed by atoms with Crippen molar-refractivity contribution in [3.8, 4) is 0 Å². The molecule has 8 heteroatoms. The number of nitrogens with zero attached hydrogens (tertiary/aromatic N) is 1. The molecule has 0 bridgehead atoms. The van der Waals surface area contributed by atoms with Crippen molar-refractivity contribution in [2.45, 2.75) is 18.0 Å². The number of urea groups is 1. The van der Waals surface area contributed by atoms with Gasteiger partial charge < -0.3 is 10.6 Å². The number of sulfonamides is 1. The third-order valence-electron chi connectivity index (χ3n) is 3.93. The lowest BCUT2D eigenvalue weighted by Gasteiger charge is -2.10. The third-order valence-corrected chi connectivity index (χ3v) is 5.35. The van der Waals surface area contributed by atoms with Crippen molar-refractivity contribution in [2.75, 3.05) is 5.32 Å². The Bertz CT molecular complexity index is 1010. The predicted molar refractivity (Wildman–Crippen MR) is 107 cm³/mol. The molecule has 0 fully saturated rings. The molecule has 28 heavy (non-hydrogen) atoms. The summed E-state index contributed by atoms with van der Waals surface area (Å²) in [6.45, 7) is 0.574. The Kier molecular flexibility index (Phi) is 6.36. The second-order valence-electron chi connectivity index (χ2n) is 6.00. The van der Waals surface area contributed by atoms with Crippen LogP contribution >= 0.6 is 0 Å². The maximum absolute atomic E-state index is 12.4. The summed E-state index contributed by atoms with van der Waals surface area (Å²) in [5.41, 5.74) is 2.29. The second kappa shape index (κ2) is 9.12. The summed E-state index contributed by atoms with van der Waals surface area (Å²) in [6, 6.07) is 18.5. The van der Waals surface area contributed by atoms with E-state index in [-0.39, 0.29) is 17.5 Å². The van der Waals surface area contributed by atoms with E-state index in [1.165, 1.54) is 12.1 Å². The highest BCUT2D eigenvalue weighted by Crippen LogP contribution is 2.14. The molecule has 0 saturated carbocycles. The lowest BCUT2D eigenvalue weighted by atomic mass is 10.2. The van der Waals surface area contributed by atoms with Crippen LogP contribution in [0.2, 0.25) is 0 Å². The van der Waals surface area contributed by atoms with Gasteiger partial charge in [0.25, 0.3) is 0 Å². The van der Waals surface area contributed by atoms with Gasteiger partial charge in [0, 0.05) is 31.2 Å². The van der Waals surface area contributed by atoms with Crippen LogP contribution in [0.3, 0.4) is 0 Å². The van der Waals surface area contributed by atoms with E-state index in [4.69, 9.17) is 0 Å². The molecule has 0 aliphatic carbocycles. The Morgan fingerprint density at radius 1 is 0.821 bits per heavy atom. The number of hydrogen-bond donors (Lipinski definition) is 3. The Balaban J connectivity index is 1.54. The first kappa shape index (κ1) is 19.5. The molecular weight excluding hydrogens is 376 g/mol. The summed E-state index contributed by atoms with van der Waals surface area (Å²) >= 11 is 0. The first-order chi connectivity index (χ1) is 13.5. The number of anilines is 1. The zero-order valence-corrected chi connectivity index (χ0v) is 15.8. The van der Waals surface area contributed by atoms with E-state index in [1.54, 1.807) is 24.5 Å². The Morgan fingerprint density at radius 2 is 1.46 bits per heavy atom. The van der Waals surface area contributed by atoms with Crippen LogP contribution in [0.1, 0.15) is 11.1 Å². The lowest BCUT2D eigenvalue weighted by Crippen LogP contribution is -2.28. The first-order valence-corrected chi connectivity index (χ1v) is 10.1. The minimum absolute atomic E-state index is 0.131. The van der Waals surface area contributed by atoms with Crippen LogP contribution in [0.5, 0.6) is 0 Å². The molecule has 3 rings (SSSR count). The highest BCUT2D eigenvalue weighted by atomic mass is 32.2. The average Bonchev–Trinajstić information content (AvgIpc) is 2.73. The molecule has 7 nitrogen and oxygen atoms in total. The monoisotopic (exact) mass is 396 g/mol. The topological polar surface area (TPSA) is 100 Å². The van der Waals surface area contributed by atoms with E-state index in [9.17, 15) is 13.2 Å². The minimum Gasteiger partial charge on any atom is -0.334 e. The molecule has 0 saturated heterocycles. The molecule has 1 heterocycles. The number of nitrogens with one attached hydrogen (secondary N) is 3. The van der Waals surface area contributed by atoms with E-state index >= 15 is 0 Å². The fraction of sp³-hybridized carbons (Fsp3) is 0.100. The highest BCUT2D eigenvalue weighted by molar-refractivity contribution is 7.89. The minimum atomic E-state index is -3.63. The number of carbonyl (C=O) groups is 1. The Labute approximate surface area is 163 Å². The van der Waals surface area contributed by atoms with Gasteiger partial charge in [-0.15, -0.1) is 0 Å². The van der Waals surface area contributed by atoms with Gasteiger partial charge in [-0.3, -0.25) is 4.98 Å². The Hall–Kier alpha value is -3.23. The number of carbonyl (C=O) groups excluding carboxylic acids is 1. The molecule has 3 aromatic rings. The van der Waals surface area contributed by atoms with Gasteiger partial charge in [-0.05, 0) is 47.5 Å². The van der Waals surface area contributed by atoms with Crippen molar-refractivity contribution < 1.29 is 13.2 Å². The zero-order chi connectivity index (χ0) is 19.8. The maximum atomic E-state index is 12.4. The molecule has 0 unspecified atom stereocenters. The largest absolute Gasteiger partial charge is 0.334 e. The van der Waals surface area contributed by atoms with Gasteiger partial charge in [0.2, 0.25) is 10.0 Å². The predicted octanol–water partition coefficient (Wildman–Crippen LogP) is 2.88. The number of amides is 2. The number of rotatable bonds is 7. The van der Waals surface area contributed by atoms with Gasteiger partial charge in [0.15, 0.2) is 0 Å². The normalized spacial score (nSPS) is 11.0. The van der Waals surface area contributed by atoms with E-state index < -0.39 is 10.0 Å². The van der Waals surface area contributed by atoms with Crippen molar-refractivity contribution in [3.05, 3.63) is 90.3 Å². The van der Waals surface area contributed by atoms with Crippen LogP contribution in [0, 0.1) is 0 Å². The van der Waals surface area contributed by atoms with Crippen molar-refractivity contribution in [2.24, 2.45) is 0 Å². The van der Waals surface area contributed by atoms with Crippen LogP contribution in [0.25, 0.3) is 0 Å².